The zero-order chi connectivity index (χ0) is 22.5. The Morgan fingerprint density at radius 3 is 2.79 bits per heavy atom. The fraction of sp³-hybridized carbons (Fsp3) is 0.400. The first-order valence-corrected chi connectivity index (χ1v) is 11.5. The van der Waals surface area contributed by atoms with Crippen LogP contribution in [0.2, 0.25) is 0 Å². The van der Waals surface area contributed by atoms with Gasteiger partial charge in [0.05, 0.1) is 18.9 Å². The van der Waals surface area contributed by atoms with Crippen LogP contribution >= 0.6 is 0 Å². The fourth-order valence-corrected chi connectivity index (χ4v) is 4.42. The number of rotatable bonds is 6. The highest BCUT2D eigenvalue weighted by atomic mass is 19.1. The molecule has 0 saturated carbocycles. The van der Waals surface area contributed by atoms with Crippen LogP contribution in [0.1, 0.15) is 30.1 Å². The van der Waals surface area contributed by atoms with Crippen molar-refractivity contribution >= 4 is 5.95 Å². The summed E-state index contributed by atoms with van der Waals surface area (Å²) >= 11 is 0. The number of halogens is 1. The first-order valence-electron chi connectivity index (χ1n) is 11.5. The number of piperidine rings is 1. The Kier molecular flexibility index (Phi) is 6.73. The van der Waals surface area contributed by atoms with E-state index in [0.717, 1.165) is 76.1 Å². The summed E-state index contributed by atoms with van der Waals surface area (Å²) < 4.78 is 24.7. The van der Waals surface area contributed by atoms with Crippen LogP contribution < -0.4 is 9.64 Å². The number of hydrogen-bond acceptors (Lipinski definition) is 7. The highest BCUT2D eigenvalue weighted by Crippen LogP contribution is 2.29. The van der Waals surface area contributed by atoms with Gasteiger partial charge in [0.2, 0.25) is 11.8 Å². The Morgan fingerprint density at radius 2 is 1.91 bits per heavy atom. The molecule has 2 saturated heterocycles. The van der Waals surface area contributed by atoms with Gasteiger partial charge in [-0.25, -0.2) is 19.3 Å². The van der Waals surface area contributed by atoms with Crippen molar-refractivity contribution in [2.45, 2.75) is 25.3 Å². The lowest BCUT2D eigenvalue weighted by atomic mass is 9.94. The maximum atomic E-state index is 13.5. The average molecular weight is 450 g/mol. The normalized spacial score (nSPS) is 19.4. The molecule has 2 aromatic heterocycles. The quantitative estimate of drug-likeness (QED) is 0.563. The molecule has 7 nitrogen and oxygen atoms in total. The molecule has 0 bridgehead atoms. The summed E-state index contributed by atoms with van der Waals surface area (Å²) in [5.41, 5.74) is 2.04. The highest BCUT2D eigenvalue weighted by molar-refractivity contribution is 5.31. The van der Waals surface area contributed by atoms with Crippen molar-refractivity contribution in [3.8, 4) is 11.6 Å². The SMILES string of the molecule is Fc1cccc(Oc2cccc([C@@H]3CCCN(Cc4ccnc(N5CCOCC5)n4)C3)n2)c1. The average Bonchev–Trinajstić information content (AvgIpc) is 2.85. The molecule has 0 N–H and O–H groups in total. The highest BCUT2D eigenvalue weighted by Gasteiger charge is 2.23. The number of ether oxygens (including phenoxy) is 2. The van der Waals surface area contributed by atoms with Gasteiger partial charge in [-0.05, 0) is 43.7 Å². The van der Waals surface area contributed by atoms with Crippen LogP contribution in [0.25, 0.3) is 0 Å². The van der Waals surface area contributed by atoms with Crippen LogP contribution in [0, 0.1) is 5.82 Å². The second kappa shape index (κ2) is 10.2. The molecule has 0 amide bonds. The zero-order valence-corrected chi connectivity index (χ0v) is 18.6. The van der Waals surface area contributed by atoms with Crippen molar-refractivity contribution in [2.75, 3.05) is 44.3 Å². The van der Waals surface area contributed by atoms with Crippen molar-refractivity contribution in [3.05, 3.63) is 71.9 Å². The molecule has 0 unspecified atom stereocenters. The van der Waals surface area contributed by atoms with Gasteiger partial charge in [-0.2, -0.15) is 0 Å². The molecule has 8 heteroatoms. The van der Waals surface area contributed by atoms with Gasteiger partial charge in [0.15, 0.2) is 0 Å². The van der Waals surface area contributed by atoms with Gasteiger partial charge in [0.25, 0.3) is 0 Å². The lowest BCUT2D eigenvalue weighted by Gasteiger charge is -2.32. The second-order valence-corrected chi connectivity index (χ2v) is 8.48. The predicted molar refractivity (Wildman–Crippen MR) is 123 cm³/mol. The van der Waals surface area contributed by atoms with Crippen LogP contribution in [0.5, 0.6) is 11.6 Å². The number of morpholine rings is 1. The first-order chi connectivity index (χ1) is 16.2. The minimum absolute atomic E-state index is 0.315. The standard InChI is InChI=1S/C25H28FN5O2/c26-20-5-1-6-22(16-20)33-24-8-2-7-23(29-24)19-4-3-11-30(17-19)18-21-9-10-27-25(28-21)31-12-14-32-15-13-31/h1-2,5-10,16,19H,3-4,11-15,17-18H2/t19-/m1/s1. The van der Waals surface area contributed by atoms with Crippen molar-refractivity contribution < 1.29 is 13.9 Å². The molecule has 3 aromatic rings. The second-order valence-electron chi connectivity index (χ2n) is 8.48. The molecule has 4 heterocycles. The summed E-state index contributed by atoms with van der Waals surface area (Å²) in [6.45, 7) is 5.83. The third-order valence-electron chi connectivity index (χ3n) is 6.07. The van der Waals surface area contributed by atoms with E-state index in [-0.39, 0.29) is 5.82 Å². The van der Waals surface area contributed by atoms with E-state index >= 15 is 0 Å². The van der Waals surface area contributed by atoms with E-state index in [9.17, 15) is 4.39 Å². The number of hydrogen-bond donors (Lipinski definition) is 0. The van der Waals surface area contributed by atoms with Crippen molar-refractivity contribution in [1.82, 2.24) is 19.9 Å². The number of benzene rings is 1. The number of pyridine rings is 1. The van der Waals surface area contributed by atoms with Crippen molar-refractivity contribution in [3.63, 3.8) is 0 Å². The summed E-state index contributed by atoms with van der Waals surface area (Å²) in [5, 5.41) is 0. The molecule has 2 fully saturated rings. The van der Waals surface area contributed by atoms with Crippen LogP contribution in [-0.4, -0.2) is 59.2 Å². The molecular formula is C25H28FN5O2. The Hall–Kier alpha value is -3.10. The van der Waals surface area contributed by atoms with Crippen LogP contribution in [0.4, 0.5) is 10.3 Å². The molecule has 2 aliphatic heterocycles. The van der Waals surface area contributed by atoms with Crippen molar-refractivity contribution in [1.29, 1.82) is 0 Å². The summed E-state index contributed by atoms with van der Waals surface area (Å²) in [6, 6.07) is 13.9. The minimum Gasteiger partial charge on any atom is -0.439 e. The molecule has 33 heavy (non-hydrogen) atoms. The third-order valence-corrected chi connectivity index (χ3v) is 6.07. The molecule has 1 aromatic carbocycles. The largest absolute Gasteiger partial charge is 0.439 e. The molecule has 5 rings (SSSR count). The topological polar surface area (TPSA) is 63.6 Å². The Balaban J connectivity index is 1.24. The zero-order valence-electron chi connectivity index (χ0n) is 18.6. The van der Waals surface area contributed by atoms with Crippen LogP contribution in [0.15, 0.2) is 54.7 Å². The van der Waals surface area contributed by atoms with E-state index in [1.807, 2.05) is 30.5 Å². The Morgan fingerprint density at radius 1 is 1.03 bits per heavy atom. The Labute approximate surface area is 193 Å². The molecule has 172 valence electrons. The maximum Gasteiger partial charge on any atom is 0.225 e. The molecule has 0 spiro atoms. The van der Waals surface area contributed by atoms with E-state index in [1.54, 1.807) is 12.1 Å². The van der Waals surface area contributed by atoms with Crippen LogP contribution in [0.3, 0.4) is 0 Å². The summed E-state index contributed by atoms with van der Waals surface area (Å²) in [7, 11) is 0. The first kappa shape index (κ1) is 21.7. The third kappa shape index (κ3) is 5.64. The van der Waals surface area contributed by atoms with Gasteiger partial charge in [0.1, 0.15) is 11.6 Å². The van der Waals surface area contributed by atoms with Gasteiger partial charge >= 0.3 is 0 Å². The predicted octanol–water partition coefficient (Wildman–Crippen LogP) is 4.02. The smallest absolute Gasteiger partial charge is 0.225 e. The van der Waals surface area contributed by atoms with Crippen LogP contribution in [-0.2, 0) is 11.3 Å². The molecule has 1 atom stereocenters. The van der Waals surface area contributed by atoms with Gasteiger partial charge in [0, 0.05) is 56.1 Å². The van der Waals surface area contributed by atoms with E-state index in [4.69, 9.17) is 19.4 Å². The Bertz CT molecular complexity index is 1080. The summed E-state index contributed by atoms with van der Waals surface area (Å²) in [5.74, 6) is 1.71. The summed E-state index contributed by atoms with van der Waals surface area (Å²) in [6.07, 6.45) is 4.03. The number of anilines is 1. The van der Waals surface area contributed by atoms with Gasteiger partial charge in [-0.3, -0.25) is 4.90 Å². The monoisotopic (exact) mass is 449 g/mol. The summed E-state index contributed by atoms with van der Waals surface area (Å²) in [4.78, 5) is 18.6. The number of aromatic nitrogens is 3. The number of nitrogens with zero attached hydrogens (tertiary/aromatic N) is 5. The van der Waals surface area contributed by atoms with E-state index in [0.29, 0.717) is 17.5 Å². The van der Waals surface area contributed by atoms with E-state index in [2.05, 4.69) is 14.8 Å². The number of likely N-dealkylation sites (tertiary alicyclic amines) is 1. The molecule has 2 aliphatic rings. The van der Waals surface area contributed by atoms with E-state index < -0.39 is 0 Å². The lowest BCUT2D eigenvalue weighted by molar-refractivity contribution is 0.122. The molecular weight excluding hydrogens is 421 g/mol. The minimum atomic E-state index is -0.326. The van der Waals surface area contributed by atoms with E-state index in [1.165, 1.54) is 12.1 Å². The van der Waals surface area contributed by atoms with Gasteiger partial charge in [-0.15, -0.1) is 0 Å². The molecule has 0 aliphatic carbocycles. The van der Waals surface area contributed by atoms with Gasteiger partial charge < -0.3 is 14.4 Å². The van der Waals surface area contributed by atoms with Crippen molar-refractivity contribution in [2.24, 2.45) is 0 Å². The van der Waals surface area contributed by atoms with Gasteiger partial charge in [-0.1, -0.05) is 12.1 Å². The fourth-order valence-electron chi connectivity index (χ4n) is 4.42. The maximum absolute atomic E-state index is 13.5. The lowest BCUT2D eigenvalue weighted by Crippen LogP contribution is -2.38. The molecule has 0 radical (unpaired) electrons.